The zero-order valence-corrected chi connectivity index (χ0v) is 24.5. The molecule has 3 aromatic rings. The van der Waals surface area contributed by atoms with E-state index in [1.54, 1.807) is 0 Å². The number of hydrogen-bond acceptors (Lipinski definition) is 4. The highest BCUT2D eigenvalue weighted by atomic mass is 16.5. The topological polar surface area (TPSA) is 24.9 Å². The maximum Gasteiger partial charge on any atom is 0.119 e. The van der Waals surface area contributed by atoms with E-state index in [1.807, 2.05) is 0 Å². The molecule has 2 aliphatic heterocycles. The van der Waals surface area contributed by atoms with Gasteiger partial charge in [-0.2, -0.15) is 0 Å². The summed E-state index contributed by atoms with van der Waals surface area (Å²) < 4.78 is 12.3. The first-order valence-corrected chi connectivity index (χ1v) is 15.3. The Morgan fingerprint density at radius 3 is 1.38 bits per heavy atom. The molecule has 0 atom stereocenters. The quantitative estimate of drug-likeness (QED) is 0.234. The van der Waals surface area contributed by atoms with E-state index in [0.717, 1.165) is 37.8 Å². The molecular weight excluding hydrogens is 492 g/mol. The third-order valence-corrected chi connectivity index (χ3v) is 8.40. The number of piperidine rings is 2. The van der Waals surface area contributed by atoms with E-state index in [4.69, 9.17) is 9.47 Å². The SMILES string of the molecule is CC(=C(c1ccc(OCCN2CCCCC2)cc1)c1ccc(OCCN2CCCCC2)cc1)c1ccc(C)cc1. The largest absolute Gasteiger partial charge is 0.492 e. The van der Waals surface area contributed by atoms with Crippen LogP contribution < -0.4 is 9.47 Å². The minimum absolute atomic E-state index is 0.740. The Kier molecular flexibility index (Phi) is 10.3. The van der Waals surface area contributed by atoms with Crippen LogP contribution in [-0.4, -0.2) is 62.3 Å². The standard InChI is InChI=1S/C36H46N2O2/c1-29-9-11-31(12-10-29)30(2)36(32-13-17-34(18-14-32)39-27-25-37-21-5-3-6-22-37)33-15-19-35(20-16-33)40-28-26-38-23-7-4-8-24-38/h9-20H,3-8,21-28H2,1-2H3. The van der Waals surface area contributed by atoms with Gasteiger partial charge in [-0.05, 0) is 118 Å². The zero-order chi connectivity index (χ0) is 27.6. The molecular formula is C36H46N2O2. The Labute approximate surface area is 241 Å². The van der Waals surface area contributed by atoms with Gasteiger partial charge < -0.3 is 9.47 Å². The van der Waals surface area contributed by atoms with Gasteiger partial charge in [0.15, 0.2) is 0 Å². The predicted molar refractivity (Wildman–Crippen MR) is 167 cm³/mol. The molecule has 0 aromatic heterocycles. The number of benzene rings is 3. The summed E-state index contributed by atoms with van der Waals surface area (Å²) in [7, 11) is 0. The Hall–Kier alpha value is -3.08. The van der Waals surface area contributed by atoms with E-state index in [-0.39, 0.29) is 0 Å². The van der Waals surface area contributed by atoms with Crippen LogP contribution in [0.1, 0.15) is 67.7 Å². The monoisotopic (exact) mass is 538 g/mol. The highest BCUT2D eigenvalue weighted by molar-refractivity contribution is 5.98. The van der Waals surface area contributed by atoms with Crippen molar-refractivity contribution in [2.24, 2.45) is 0 Å². The molecule has 0 saturated carbocycles. The summed E-state index contributed by atoms with van der Waals surface area (Å²) >= 11 is 0. The molecule has 0 radical (unpaired) electrons. The molecule has 0 N–H and O–H groups in total. The highest BCUT2D eigenvalue weighted by Gasteiger charge is 2.14. The molecule has 0 aliphatic carbocycles. The second-order valence-electron chi connectivity index (χ2n) is 11.4. The molecule has 0 unspecified atom stereocenters. The van der Waals surface area contributed by atoms with Gasteiger partial charge in [-0.1, -0.05) is 66.9 Å². The highest BCUT2D eigenvalue weighted by Crippen LogP contribution is 2.34. The van der Waals surface area contributed by atoms with Crippen molar-refractivity contribution in [2.75, 3.05) is 52.5 Å². The van der Waals surface area contributed by atoms with E-state index in [9.17, 15) is 0 Å². The number of likely N-dealkylation sites (tertiary alicyclic amines) is 2. The van der Waals surface area contributed by atoms with Crippen LogP contribution in [0, 0.1) is 6.92 Å². The summed E-state index contributed by atoms with van der Waals surface area (Å²) in [6.45, 7) is 12.7. The fourth-order valence-electron chi connectivity index (χ4n) is 5.93. The maximum atomic E-state index is 6.13. The molecule has 4 heteroatoms. The van der Waals surface area contributed by atoms with E-state index < -0.39 is 0 Å². The minimum Gasteiger partial charge on any atom is -0.492 e. The summed E-state index contributed by atoms with van der Waals surface area (Å²) in [6.07, 6.45) is 7.99. The molecule has 0 bridgehead atoms. The molecule has 5 rings (SSSR count). The normalized spacial score (nSPS) is 16.4. The summed E-state index contributed by atoms with van der Waals surface area (Å²) in [5, 5.41) is 0. The lowest BCUT2D eigenvalue weighted by Crippen LogP contribution is -2.33. The second kappa shape index (κ2) is 14.5. The van der Waals surface area contributed by atoms with Gasteiger partial charge in [0.05, 0.1) is 0 Å². The van der Waals surface area contributed by atoms with Crippen LogP contribution in [0.2, 0.25) is 0 Å². The molecule has 3 aromatic carbocycles. The molecule has 2 saturated heterocycles. The van der Waals surface area contributed by atoms with Crippen LogP contribution >= 0.6 is 0 Å². The van der Waals surface area contributed by atoms with Crippen LogP contribution in [0.5, 0.6) is 11.5 Å². The Balaban J connectivity index is 1.29. The molecule has 2 fully saturated rings. The third-order valence-electron chi connectivity index (χ3n) is 8.40. The lowest BCUT2D eigenvalue weighted by Gasteiger charge is -2.26. The van der Waals surface area contributed by atoms with Crippen molar-refractivity contribution in [2.45, 2.75) is 52.4 Å². The fraction of sp³-hybridized carbons (Fsp3) is 0.444. The summed E-state index contributed by atoms with van der Waals surface area (Å²) in [4.78, 5) is 5.04. The van der Waals surface area contributed by atoms with E-state index in [0.29, 0.717) is 0 Å². The lowest BCUT2D eigenvalue weighted by atomic mass is 9.90. The van der Waals surface area contributed by atoms with Gasteiger partial charge in [0.1, 0.15) is 24.7 Å². The van der Waals surface area contributed by atoms with Crippen molar-refractivity contribution in [3.05, 3.63) is 95.1 Å². The van der Waals surface area contributed by atoms with E-state index in [2.05, 4.69) is 96.4 Å². The zero-order valence-electron chi connectivity index (χ0n) is 24.5. The van der Waals surface area contributed by atoms with Crippen molar-refractivity contribution in [1.29, 1.82) is 0 Å². The molecule has 0 spiro atoms. The number of nitrogens with zero attached hydrogens (tertiary/aromatic N) is 2. The summed E-state index contributed by atoms with van der Waals surface area (Å²) in [6, 6.07) is 26.1. The average Bonchev–Trinajstić information content (AvgIpc) is 3.00. The summed E-state index contributed by atoms with van der Waals surface area (Å²) in [5.74, 6) is 1.87. The molecule has 2 heterocycles. The van der Waals surface area contributed by atoms with Gasteiger partial charge in [0, 0.05) is 13.1 Å². The molecule has 2 aliphatic rings. The first-order chi connectivity index (χ1) is 19.7. The van der Waals surface area contributed by atoms with Crippen LogP contribution in [0.4, 0.5) is 0 Å². The van der Waals surface area contributed by atoms with Crippen molar-refractivity contribution < 1.29 is 9.47 Å². The Morgan fingerprint density at radius 1 is 0.550 bits per heavy atom. The Morgan fingerprint density at radius 2 is 0.950 bits per heavy atom. The maximum absolute atomic E-state index is 6.13. The van der Waals surface area contributed by atoms with Gasteiger partial charge in [0.25, 0.3) is 0 Å². The Bertz CT molecular complexity index is 1130. The molecule has 4 nitrogen and oxygen atoms in total. The molecule has 212 valence electrons. The first-order valence-electron chi connectivity index (χ1n) is 15.3. The first kappa shape index (κ1) is 28.4. The average molecular weight is 539 g/mol. The van der Waals surface area contributed by atoms with Gasteiger partial charge >= 0.3 is 0 Å². The predicted octanol–water partition coefficient (Wildman–Crippen LogP) is 7.70. The van der Waals surface area contributed by atoms with Crippen molar-refractivity contribution in [3.63, 3.8) is 0 Å². The summed E-state index contributed by atoms with van der Waals surface area (Å²) in [5.41, 5.74) is 7.40. The number of hydrogen-bond donors (Lipinski definition) is 0. The van der Waals surface area contributed by atoms with Gasteiger partial charge in [-0.15, -0.1) is 0 Å². The molecule has 0 amide bonds. The minimum atomic E-state index is 0.740. The number of aryl methyl sites for hydroxylation is 1. The van der Waals surface area contributed by atoms with Crippen LogP contribution in [-0.2, 0) is 0 Å². The number of ether oxygens (including phenoxy) is 2. The van der Waals surface area contributed by atoms with Crippen LogP contribution in [0.25, 0.3) is 11.1 Å². The second-order valence-corrected chi connectivity index (χ2v) is 11.4. The van der Waals surface area contributed by atoms with Crippen molar-refractivity contribution in [1.82, 2.24) is 9.80 Å². The van der Waals surface area contributed by atoms with Crippen LogP contribution in [0.3, 0.4) is 0 Å². The van der Waals surface area contributed by atoms with E-state index in [1.165, 1.54) is 98.1 Å². The fourth-order valence-corrected chi connectivity index (χ4v) is 5.93. The van der Waals surface area contributed by atoms with E-state index >= 15 is 0 Å². The number of allylic oxidation sites excluding steroid dienone is 1. The van der Waals surface area contributed by atoms with Gasteiger partial charge in [0.2, 0.25) is 0 Å². The third kappa shape index (κ3) is 7.99. The lowest BCUT2D eigenvalue weighted by molar-refractivity contribution is 0.183. The van der Waals surface area contributed by atoms with Gasteiger partial charge in [-0.3, -0.25) is 9.80 Å². The van der Waals surface area contributed by atoms with Crippen LogP contribution in [0.15, 0.2) is 72.8 Å². The number of rotatable bonds is 11. The molecule has 40 heavy (non-hydrogen) atoms. The van der Waals surface area contributed by atoms with Crippen molar-refractivity contribution in [3.8, 4) is 11.5 Å². The smallest absolute Gasteiger partial charge is 0.119 e. The van der Waals surface area contributed by atoms with Crippen molar-refractivity contribution >= 4 is 11.1 Å². The van der Waals surface area contributed by atoms with Gasteiger partial charge in [-0.25, -0.2) is 0 Å².